The lowest BCUT2D eigenvalue weighted by Crippen LogP contribution is -2.29. The Morgan fingerprint density at radius 1 is 1.05 bits per heavy atom. The Morgan fingerprint density at radius 2 is 1.59 bits per heavy atom. The first kappa shape index (κ1) is 17.8. The van der Waals surface area contributed by atoms with Gasteiger partial charge in [-0.2, -0.15) is 0 Å². The summed E-state index contributed by atoms with van der Waals surface area (Å²) in [6.07, 6.45) is -0.682. The second-order valence-electron chi connectivity index (χ2n) is 6.17. The number of amides is 1. The van der Waals surface area contributed by atoms with E-state index in [1.54, 1.807) is 41.5 Å². The summed E-state index contributed by atoms with van der Waals surface area (Å²) in [5, 5.41) is 2.58. The Labute approximate surface area is 130 Å². The van der Waals surface area contributed by atoms with Gasteiger partial charge < -0.3 is 4.74 Å². The molecule has 1 rings (SSSR count). The summed E-state index contributed by atoms with van der Waals surface area (Å²) in [6, 6.07) is 0. The third kappa shape index (κ3) is 4.13. The van der Waals surface area contributed by atoms with Gasteiger partial charge in [-0.1, -0.05) is 0 Å². The summed E-state index contributed by atoms with van der Waals surface area (Å²) >= 11 is 0. The van der Waals surface area contributed by atoms with Gasteiger partial charge >= 0.3 is 6.09 Å². The van der Waals surface area contributed by atoms with Crippen molar-refractivity contribution in [3.05, 3.63) is 22.5 Å². The van der Waals surface area contributed by atoms with Crippen LogP contribution >= 0.6 is 0 Å². The van der Waals surface area contributed by atoms with Gasteiger partial charge in [-0.15, -0.1) is 0 Å². The number of nitrogens with zero attached hydrogens (tertiary/aromatic N) is 1. The molecule has 0 aliphatic carbocycles. The van der Waals surface area contributed by atoms with Gasteiger partial charge in [0.25, 0.3) is 0 Å². The monoisotopic (exact) mass is 306 g/mol. The average molecular weight is 306 g/mol. The maximum absolute atomic E-state index is 12.1. The minimum absolute atomic E-state index is 0.112. The topological polar surface area (TPSA) is 85.4 Å². The number of hydrogen-bond acceptors (Lipinski definition) is 5. The van der Waals surface area contributed by atoms with Crippen LogP contribution in [0, 0.1) is 20.8 Å². The molecule has 6 nitrogen and oxygen atoms in total. The second-order valence-corrected chi connectivity index (χ2v) is 6.17. The molecule has 1 aromatic rings. The lowest BCUT2D eigenvalue weighted by molar-refractivity contribution is -0.113. The molecule has 0 spiro atoms. The van der Waals surface area contributed by atoms with Crippen LogP contribution < -0.4 is 5.32 Å². The molecule has 0 radical (unpaired) electrons. The number of pyridine rings is 1. The summed E-state index contributed by atoms with van der Waals surface area (Å²) in [5.41, 5.74) is 1.42. The van der Waals surface area contributed by atoms with E-state index < -0.39 is 23.3 Å². The van der Waals surface area contributed by atoms with Gasteiger partial charge in [0.2, 0.25) is 5.78 Å². The largest absolute Gasteiger partial charge is 0.444 e. The maximum Gasteiger partial charge on any atom is 0.412 e. The first-order valence-corrected chi connectivity index (χ1v) is 6.97. The molecule has 1 N–H and O–H groups in total. The highest BCUT2D eigenvalue weighted by Gasteiger charge is 2.25. The van der Waals surface area contributed by atoms with Crippen LogP contribution in [0.5, 0.6) is 0 Å². The molecule has 1 amide bonds. The van der Waals surface area contributed by atoms with Crippen molar-refractivity contribution in [2.75, 3.05) is 5.32 Å². The Bertz CT molecular complexity index is 643. The fraction of sp³-hybridized carbons (Fsp3) is 0.500. The van der Waals surface area contributed by atoms with Crippen LogP contribution in [-0.4, -0.2) is 28.2 Å². The Kier molecular flexibility index (Phi) is 5.06. The Hall–Kier alpha value is -2.24. The van der Waals surface area contributed by atoms with Crippen LogP contribution in [0.4, 0.5) is 10.5 Å². The first-order valence-electron chi connectivity index (χ1n) is 6.97. The molecule has 0 saturated heterocycles. The van der Waals surface area contributed by atoms with Crippen molar-refractivity contribution in [1.29, 1.82) is 0 Å². The molecule has 120 valence electrons. The normalized spacial score (nSPS) is 11.0. The van der Waals surface area contributed by atoms with Crippen LogP contribution in [0.25, 0.3) is 0 Å². The molecule has 0 saturated carbocycles. The van der Waals surface area contributed by atoms with Crippen molar-refractivity contribution in [3.8, 4) is 0 Å². The smallest absolute Gasteiger partial charge is 0.412 e. The van der Waals surface area contributed by atoms with E-state index in [-0.39, 0.29) is 11.3 Å². The quantitative estimate of drug-likeness (QED) is 0.685. The SMILES string of the molecule is CC(=O)C(=O)c1c(C)nc(C)c(C)c1NC(=O)OC(C)(C)C. The van der Waals surface area contributed by atoms with E-state index in [0.29, 0.717) is 17.0 Å². The zero-order chi connectivity index (χ0) is 17.2. The average Bonchev–Trinajstić information content (AvgIpc) is 2.32. The molecule has 6 heteroatoms. The minimum Gasteiger partial charge on any atom is -0.444 e. The van der Waals surface area contributed by atoms with Crippen LogP contribution in [-0.2, 0) is 9.53 Å². The summed E-state index contributed by atoms with van der Waals surface area (Å²) in [5.74, 6) is -1.29. The highest BCUT2D eigenvalue weighted by atomic mass is 16.6. The molecule has 0 aliphatic rings. The lowest BCUT2D eigenvalue weighted by atomic mass is 10.00. The molecule has 1 aromatic heterocycles. The molecule has 0 unspecified atom stereocenters. The van der Waals surface area contributed by atoms with E-state index in [2.05, 4.69) is 10.3 Å². The highest BCUT2D eigenvalue weighted by Crippen LogP contribution is 2.26. The van der Waals surface area contributed by atoms with E-state index in [9.17, 15) is 14.4 Å². The van der Waals surface area contributed by atoms with Crippen molar-refractivity contribution in [2.24, 2.45) is 0 Å². The summed E-state index contributed by atoms with van der Waals surface area (Å²) in [7, 11) is 0. The molecule has 0 fully saturated rings. The number of carbonyl (C=O) groups is 3. The van der Waals surface area contributed by atoms with E-state index in [4.69, 9.17) is 4.74 Å². The molecule has 0 atom stereocenters. The standard InChI is InChI=1S/C16H22N2O4/c1-8-9(2)17-10(3)12(14(20)11(4)19)13(8)18-15(21)22-16(5,6)7/h1-7H3,(H,17,18,21). The number of hydrogen-bond donors (Lipinski definition) is 1. The van der Waals surface area contributed by atoms with Gasteiger partial charge in [-0.3, -0.25) is 19.9 Å². The van der Waals surface area contributed by atoms with E-state index in [1.807, 2.05) is 0 Å². The highest BCUT2D eigenvalue weighted by molar-refractivity contribution is 6.44. The summed E-state index contributed by atoms with van der Waals surface area (Å²) < 4.78 is 5.20. The zero-order valence-corrected chi connectivity index (χ0v) is 14.1. The number of Topliss-reactive ketones (excluding diaryl/α,β-unsaturated/α-hetero) is 2. The van der Waals surface area contributed by atoms with Crippen LogP contribution in [0.15, 0.2) is 0 Å². The third-order valence-electron chi connectivity index (χ3n) is 3.04. The zero-order valence-electron chi connectivity index (χ0n) is 14.1. The fourth-order valence-electron chi connectivity index (χ4n) is 1.96. The molecule has 0 aromatic carbocycles. The summed E-state index contributed by atoms with van der Waals surface area (Å²) in [6.45, 7) is 11.5. The van der Waals surface area contributed by atoms with Gasteiger partial charge in [0.05, 0.1) is 16.9 Å². The van der Waals surface area contributed by atoms with Crippen LogP contribution in [0.1, 0.15) is 55.0 Å². The lowest BCUT2D eigenvalue weighted by Gasteiger charge is -2.21. The van der Waals surface area contributed by atoms with Gasteiger partial charge in [-0.05, 0) is 47.1 Å². The number of nitrogens with one attached hydrogen (secondary N) is 1. The molecule has 0 bridgehead atoms. The number of anilines is 1. The van der Waals surface area contributed by atoms with Crippen LogP contribution in [0.2, 0.25) is 0 Å². The second kappa shape index (κ2) is 6.25. The van der Waals surface area contributed by atoms with Gasteiger partial charge in [-0.25, -0.2) is 4.79 Å². The molecule has 1 heterocycles. The number of rotatable bonds is 3. The Balaban J connectivity index is 3.35. The van der Waals surface area contributed by atoms with E-state index in [0.717, 1.165) is 0 Å². The van der Waals surface area contributed by atoms with Gasteiger partial charge in [0, 0.05) is 12.6 Å². The number of aromatic nitrogens is 1. The fourth-order valence-corrected chi connectivity index (χ4v) is 1.96. The van der Waals surface area contributed by atoms with Crippen LogP contribution in [0.3, 0.4) is 0 Å². The maximum atomic E-state index is 12.1. The molecular weight excluding hydrogens is 284 g/mol. The molecule has 0 aliphatic heterocycles. The Morgan fingerprint density at radius 3 is 2.05 bits per heavy atom. The summed E-state index contributed by atoms with van der Waals surface area (Å²) in [4.78, 5) is 39.8. The van der Waals surface area contributed by atoms with Gasteiger partial charge in [0.1, 0.15) is 5.60 Å². The van der Waals surface area contributed by atoms with Crippen molar-refractivity contribution in [3.63, 3.8) is 0 Å². The van der Waals surface area contributed by atoms with Crippen molar-refractivity contribution in [1.82, 2.24) is 4.98 Å². The number of aryl methyl sites for hydroxylation is 2. The van der Waals surface area contributed by atoms with E-state index >= 15 is 0 Å². The number of carbonyl (C=O) groups excluding carboxylic acids is 3. The number of ketones is 2. The predicted octanol–water partition coefficient (Wildman–Crippen LogP) is 3.13. The van der Waals surface area contributed by atoms with E-state index in [1.165, 1.54) is 6.92 Å². The first-order chi connectivity index (χ1) is 9.94. The third-order valence-corrected chi connectivity index (χ3v) is 3.04. The number of ether oxygens (including phenoxy) is 1. The van der Waals surface area contributed by atoms with Crippen molar-refractivity contribution >= 4 is 23.3 Å². The van der Waals surface area contributed by atoms with Crippen molar-refractivity contribution < 1.29 is 19.1 Å². The van der Waals surface area contributed by atoms with Gasteiger partial charge in [0.15, 0.2) is 5.78 Å². The van der Waals surface area contributed by atoms with Crippen molar-refractivity contribution in [2.45, 2.75) is 54.1 Å². The molecular formula is C16H22N2O4. The molecule has 22 heavy (non-hydrogen) atoms. The minimum atomic E-state index is -0.682. The predicted molar refractivity (Wildman–Crippen MR) is 83.3 cm³/mol.